The number of nitrogens with one attached hydrogen (secondary N) is 1. The molecule has 1 aliphatic heterocycles. The van der Waals surface area contributed by atoms with E-state index in [1.165, 1.54) is 0 Å². The monoisotopic (exact) mass is 209 g/mol. The molecule has 0 bridgehead atoms. The molecule has 1 unspecified atom stereocenters. The number of amides is 1. The minimum atomic E-state index is -0.0637. The summed E-state index contributed by atoms with van der Waals surface area (Å²) in [7, 11) is 0. The van der Waals surface area contributed by atoms with Gasteiger partial charge in [-0.2, -0.15) is 5.10 Å². The van der Waals surface area contributed by atoms with Gasteiger partial charge < -0.3 is 10.0 Å². The van der Waals surface area contributed by atoms with Crippen LogP contribution in [0.2, 0.25) is 0 Å². The second-order valence-corrected chi connectivity index (χ2v) is 3.80. The third-order valence-electron chi connectivity index (χ3n) is 2.83. The van der Waals surface area contributed by atoms with Crippen LogP contribution < -0.4 is 0 Å². The number of carbonyl (C=O) groups is 1. The van der Waals surface area contributed by atoms with Crippen molar-refractivity contribution in [3.8, 4) is 0 Å². The summed E-state index contributed by atoms with van der Waals surface area (Å²) >= 11 is 0. The molecule has 1 saturated heterocycles. The summed E-state index contributed by atoms with van der Waals surface area (Å²) in [5.74, 6) is -0.0637. The highest BCUT2D eigenvalue weighted by Crippen LogP contribution is 2.18. The predicted molar refractivity (Wildman–Crippen MR) is 54.3 cm³/mol. The van der Waals surface area contributed by atoms with Crippen molar-refractivity contribution in [2.24, 2.45) is 0 Å². The average molecular weight is 209 g/mol. The van der Waals surface area contributed by atoms with Crippen LogP contribution in [0.15, 0.2) is 12.3 Å². The number of carbonyl (C=O) groups excluding carboxylic acids is 1. The molecule has 1 aromatic heterocycles. The van der Waals surface area contributed by atoms with Crippen LogP contribution in [0.25, 0.3) is 0 Å². The molecule has 5 nitrogen and oxygen atoms in total. The molecule has 2 rings (SSSR count). The lowest BCUT2D eigenvalue weighted by Crippen LogP contribution is -2.45. The van der Waals surface area contributed by atoms with Gasteiger partial charge in [0.25, 0.3) is 5.91 Å². The van der Waals surface area contributed by atoms with Crippen molar-refractivity contribution >= 4 is 5.91 Å². The third kappa shape index (κ3) is 2.02. The van der Waals surface area contributed by atoms with Gasteiger partial charge in [-0.3, -0.25) is 9.89 Å². The fourth-order valence-electron chi connectivity index (χ4n) is 1.99. The third-order valence-corrected chi connectivity index (χ3v) is 2.83. The molecule has 0 saturated carbocycles. The zero-order valence-corrected chi connectivity index (χ0v) is 8.52. The molecule has 0 spiro atoms. The molecule has 0 aromatic carbocycles. The number of hydrogen-bond acceptors (Lipinski definition) is 3. The molecule has 2 heterocycles. The van der Waals surface area contributed by atoms with Crippen LogP contribution in [0.4, 0.5) is 0 Å². The van der Waals surface area contributed by atoms with Crippen molar-refractivity contribution in [2.45, 2.75) is 25.3 Å². The summed E-state index contributed by atoms with van der Waals surface area (Å²) in [6.07, 6.45) is 4.54. The Morgan fingerprint density at radius 1 is 1.67 bits per heavy atom. The SMILES string of the molecule is O=C(c1ccn[nH]1)N1CCCCC1CO. The maximum Gasteiger partial charge on any atom is 0.272 e. The predicted octanol–water partition coefficient (Wildman–Crippen LogP) is 0.397. The molecule has 0 aliphatic carbocycles. The summed E-state index contributed by atoms with van der Waals surface area (Å²) in [6, 6.07) is 1.63. The molecule has 1 atom stereocenters. The molecule has 15 heavy (non-hydrogen) atoms. The minimum Gasteiger partial charge on any atom is -0.394 e. The highest BCUT2D eigenvalue weighted by atomic mass is 16.3. The second kappa shape index (κ2) is 4.44. The Bertz CT molecular complexity index is 323. The molecule has 82 valence electrons. The Labute approximate surface area is 88.1 Å². The zero-order valence-electron chi connectivity index (χ0n) is 8.52. The molecule has 1 aliphatic rings. The van der Waals surface area contributed by atoms with Crippen molar-refractivity contribution in [1.82, 2.24) is 15.1 Å². The van der Waals surface area contributed by atoms with E-state index in [9.17, 15) is 9.90 Å². The van der Waals surface area contributed by atoms with Crippen LogP contribution >= 0.6 is 0 Å². The Hall–Kier alpha value is -1.36. The minimum absolute atomic E-state index is 0.0328. The molecule has 1 fully saturated rings. The fraction of sp³-hybridized carbons (Fsp3) is 0.600. The van der Waals surface area contributed by atoms with Crippen molar-refractivity contribution < 1.29 is 9.90 Å². The van der Waals surface area contributed by atoms with Crippen LogP contribution in [0.5, 0.6) is 0 Å². The molecule has 0 radical (unpaired) electrons. The van der Waals surface area contributed by atoms with Gasteiger partial charge in [0, 0.05) is 12.7 Å². The van der Waals surface area contributed by atoms with E-state index >= 15 is 0 Å². The lowest BCUT2D eigenvalue weighted by atomic mass is 10.0. The van der Waals surface area contributed by atoms with E-state index in [1.807, 2.05) is 0 Å². The largest absolute Gasteiger partial charge is 0.394 e. The zero-order chi connectivity index (χ0) is 10.7. The van der Waals surface area contributed by atoms with Gasteiger partial charge in [-0.05, 0) is 25.3 Å². The van der Waals surface area contributed by atoms with Crippen molar-refractivity contribution in [3.05, 3.63) is 18.0 Å². The van der Waals surface area contributed by atoms with Crippen molar-refractivity contribution in [3.63, 3.8) is 0 Å². The van der Waals surface area contributed by atoms with E-state index in [4.69, 9.17) is 0 Å². The van der Waals surface area contributed by atoms with Crippen LogP contribution in [0.1, 0.15) is 29.8 Å². The van der Waals surface area contributed by atoms with Crippen LogP contribution in [0, 0.1) is 0 Å². The number of nitrogens with zero attached hydrogens (tertiary/aromatic N) is 2. The van der Waals surface area contributed by atoms with E-state index in [-0.39, 0.29) is 18.6 Å². The van der Waals surface area contributed by atoms with E-state index in [1.54, 1.807) is 17.2 Å². The number of aliphatic hydroxyl groups excluding tert-OH is 1. The number of hydrogen-bond donors (Lipinski definition) is 2. The molecule has 1 aromatic rings. The lowest BCUT2D eigenvalue weighted by Gasteiger charge is -2.34. The highest BCUT2D eigenvalue weighted by molar-refractivity contribution is 5.92. The van der Waals surface area contributed by atoms with E-state index in [0.29, 0.717) is 5.69 Å². The van der Waals surface area contributed by atoms with E-state index < -0.39 is 0 Å². The first kappa shape index (κ1) is 10.2. The fourth-order valence-corrected chi connectivity index (χ4v) is 1.99. The smallest absolute Gasteiger partial charge is 0.272 e. The van der Waals surface area contributed by atoms with Gasteiger partial charge in [0.15, 0.2) is 0 Å². The number of aliphatic hydroxyl groups is 1. The Morgan fingerprint density at radius 2 is 2.53 bits per heavy atom. The number of aromatic nitrogens is 2. The normalized spacial score (nSPS) is 21.7. The van der Waals surface area contributed by atoms with Gasteiger partial charge >= 0.3 is 0 Å². The van der Waals surface area contributed by atoms with Gasteiger partial charge in [0.1, 0.15) is 5.69 Å². The Morgan fingerprint density at radius 3 is 3.20 bits per heavy atom. The molecule has 5 heteroatoms. The van der Waals surface area contributed by atoms with E-state index in [2.05, 4.69) is 10.2 Å². The molecule has 2 N–H and O–H groups in total. The van der Waals surface area contributed by atoms with Crippen molar-refractivity contribution in [1.29, 1.82) is 0 Å². The molecule has 1 amide bonds. The standard InChI is InChI=1S/C10H15N3O2/c14-7-8-3-1-2-6-13(8)10(15)9-4-5-11-12-9/h4-5,8,14H,1-3,6-7H2,(H,11,12). The van der Waals surface area contributed by atoms with Crippen LogP contribution in [0.3, 0.4) is 0 Å². The van der Waals surface area contributed by atoms with Gasteiger partial charge in [0.05, 0.1) is 12.6 Å². The Kier molecular flexibility index (Phi) is 3.01. The molecular formula is C10H15N3O2. The topological polar surface area (TPSA) is 69.2 Å². The number of H-pyrrole nitrogens is 1. The van der Waals surface area contributed by atoms with E-state index in [0.717, 1.165) is 25.8 Å². The summed E-state index contributed by atoms with van der Waals surface area (Å²) < 4.78 is 0. The average Bonchev–Trinajstić information content (AvgIpc) is 2.81. The quantitative estimate of drug-likeness (QED) is 0.740. The maximum absolute atomic E-state index is 12.0. The Balaban J connectivity index is 2.11. The first-order chi connectivity index (χ1) is 7.33. The maximum atomic E-state index is 12.0. The molecular weight excluding hydrogens is 194 g/mol. The van der Waals surface area contributed by atoms with Crippen LogP contribution in [-0.4, -0.2) is 45.3 Å². The number of aromatic amines is 1. The summed E-state index contributed by atoms with van der Waals surface area (Å²) in [4.78, 5) is 13.7. The number of rotatable bonds is 2. The highest BCUT2D eigenvalue weighted by Gasteiger charge is 2.27. The first-order valence-corrected chi connectivity index (χ1v) is 5.24. The first-order valence-electron chi connectivity index (χ1n) is 5.24. The van der Waals surface area contributed by atoms with Crippen molar-refractivity contribution in [2.75, 3.05) is 13.2 Å². The lowest BCUT2D eigenvalue weighted by molar-refractivity contribution is 0.0497. The number of likely N-dealkylation sites (tertiary alicyclic amines) is 1. The summed E-state index contributed by atoms with van der Waals surface area (Å²) in [5.41, 5.74) is 0.496. The van der Waals surface area contributed by atoms with Gasteiger partial charge in [-0.15, -0.1) is 0 Å². The summed E-state index contributed by atoms with van der Waals surface area (Å²) in [5, 5.41) is 15.6. The van der Waals surface area contributed by atoms with Gasteiger partial charge in [-0.1, -0.05) is 0 Å². The van der Waals surface area contributed by atoms with Crippen LogP contribution in [-0.2, 0) is 0 Å². The van der Waals surface area contributed by atoms with Gasteiger partial charge in [-0.25, -0.2) is 0 Å². The van der Waals surface area contributed by atoms with Gasteiger partial charge in [0.2, 0.25) is 0 Å². The number of piperidine rings is 1. The summed E-state index contributed by atoms with van der Waals surface area (Å²) in [6.45, 7) is 0.767. The second-order valence-electron chi connectivity index (χ2n) is 3.80.